The van der Waals surface area contributed by atoms with E-state index in [2.05, 4.69) is 42.8 Å². The number of pyridine rings is 1. The Balaban J connectivity index is 1.93. The summed E-state index contributed by atoms with van der Waals surface area (Å²) in [6.07, 6.45) is 5.79. The summed E-state index contributed by atoms with van der Waals surface area (Å²) in [7, 11) is 0. The van der Waals surface area contributed by atoms with Crippen molar-refractivity contribution < 1.29 is 5.11 Å². The predicted molar refractivity (Wildman–Crippen MR) is 77.7 cm³/mol. The van der Waals surface area contributed by atoms with E-state index in [0.717, 1.165) is 32.5 Å². The van der Waals surface area contributed by atoms with E-state index in [1.807, 2.05) is 12.4 Å². The Morgan fingerprint density at radius 3 is 2.58 bits per heavy atom. The molecule has 2 rings (SSSR count). The van der Waals surface area contributed by atoms with Crippen LogP contribution >= 0.6 is 0 Å². The van der Waals surface area contributed by atoms with Crippen molar-refractivity contribution in [1.29, 1.82) is 0 Å². The second kappa shape index (κ2) is 6.02. The maximum atomic E-state index is 10.4. The van der Waals surface area contributed by atoms with Gasteiger partial charge in [0.2, 0.25) is 0 Å². The third-order valence-corrected chi connectivity index (χ3v) is 4.50. The third-order valence-electron chi connectivity index (χ3n) is 4.50. The topological polar surface area (TPSA) is 36.4 Å². The first-order chi connectivity index (χ1) is 9.03. The minimum Gasteiger partial charge on any atom is -0.392 e. The van der Waals surface area contributed by atoms with Crippen molar-refractivity contribution in [2.24, 2.45) is 11.3 Å². The fourth-order valence-corrected chi connectivity index (χ4v) is 3.08. The van der Waals surface area contributed by atoms with Crippen LogP contribution in [0.5, 0.6) is 0 Å². The van der Waals surface area contributed by atoms with Crippen LogP contribution in [0.3, 0.4) is 0 Å². The van der Waals surface area contributed by atoms with Crippen LogP contribution in [-0.2, 0) is 6.54 Å². The molecular weight excluding hydrogens is 236 g/mol. The number of aromatic nitrogens is 1. The molecule has 3 nitrogen and oxygen atoms in total. The Bertz CT molecular complexity index is 391. The Morgan fingerprint density at radius 1 is 1.37 bits per heavy atom. The SMILES string of the molecule is CCN(Cc1ccncc1)CC1CCC(C)(C)C1O. The van der Waals surface area contributed by atoms with Crippen LogP contribution in [0.25, 0.3) is 0 Å². The van der Waals surface area contributed by atoms with E-state index in [4.69, 9.17) is 0 Å². The van der Waals surface area contributed by atoms with Gasteiger partial charge in [-0.3, -0.25) is 9.88 Å². The Hall–Kier alpha value is -0.930. The average molecular weight is 262 g/mol. The number of rotatable bonds is 5. The van der Waals surface area contributed by atoms with Gasteiger partial charge in [-0.25, -0.2) is 0 Å². The van der Waals surface area contributed by atoms with Gasteiger partial charge in [-0.15, -0.1) is 0 Å². The summed E-state index contributed by atoms with van der Waals surface area (Å²) in [5.74, 6) is 0.414. The van der Waals surface area contributed by atoms with Crippen molar-refractivity contribution in [2.45, 2.75) is 46.3 Å². The highest BCUT2D eigenvalue weighted by Crippen LogP contribution is 2.41. The average Bonchev–Trinajstić information content (AvgIpc) is 2.66. The zero-order chi connectivity index (χ0) is 13.9. The van der Waals surface area contributed by atoms with Crippen LogP contribution in [0.1, 0.15) is 39.2 Å². The quantitative estimate of drug-likeness (QED) is 0.886. The third kappa shape index (κ3) is 3.54. The molecular formula is C16H26N2O. The van der Waals surface area contributed by atoms with E-state index in [1.54, 1.807) is 0 Å². The fraction of sp³-hybridized carbons (Fsp3) is 0.688. The van der Waals surface area contributed by atoms with Crippen molar-refractivity contribution in [3.63, 3.8) is 0 Å². The van der Waals surface area contributed by atoms with E-state index in [-0.39, 0.29) is 11.5 Å². The van der Waals surface area contributed by atoms with Crippen LogP contribution in [0, 0.1) is 11.3 Å². The molecule has 1 aromatic heterocycles. The molecule has 1 aliphatic carbocycles. The van der Waals surface area contributed by atoms with Gasteiger partial charge in [0.1, 0.15) is 0 Å². The second-order valence-corrected chi connectivity index (χ2v) is 6.42. The minimum atomic E-state index is -0.168. The highest BCUT2D eigenvalue weighted by Gasteiger charge is 2.40. The van der Waals surface area contributed by atoms with Crippen molar-refractivity contribution in [3.8, 4) is 0 Å². The molecule has 0 aromatic carbocycles. The van der Waals surface area contributed by atoms with Crippen molar-refractivity contribution >= 4 is 0 Å². The Kier molecular flexibility index (Phi) is 4.58. The molecule has 1 fully saturated rings. The Labute approximate surface area is 116 Å². The first-order valence-corrected chi connectivity index (χ1v) is 7.32. The molecule has 19 heavy (non-hydrogen) atoms. The monoisotopic (exact) mass is 262 g/mol. The molecule has 2 unspecified atom stereocenters. The van der Waals surface area contributed by atoms with Crippen molar-refractivity contribution in [1.82, 2.24) is 9.88 Å². The molecule has 1 saturated carbocycles. The first kappa shape index (κ1) is 14.5. The summed E-state index contributed by atoms with van der Waals surface area (Å²) >= 11 is 0. The van der Waals surface area contributed by atoms with Crippen LogP contribution < -0.4 is 0 Å². The predicted octanol–water partition coefficient (Wildman–Crippen LogP) is 2.70. The van der Waals surface area contributed by atoms with E-state index < -0.39 is 0 Å². The lowest BCUT2D eigenvalue weighted by molar-refractivity contribution is 0.0322. The van der Waals surface area contributed by atoms with Gasteiger partial charge in [-0.1, -0.05) is 20.8 Å². The molecule has 0 saturated heterocycles. The lowest BCUT2D eigenvalue weighted by Crippen LogP contribution is -2.36. The summed E-state index contributed by atoms with van der Waals surface area (Å²) in [5.41, 5.74) is 1.38. The van der Waals surface area contributed by atoms with E-state index in [9.17, 15) is 5.11 Å². The van der Waals surface area contributed by atoms with Crippen LogP contribution in [0.4, 0.5) is 0 Å². The second-order valence-electron chi connectivity index (χ2n) is 6.42. The Morgan fingerprint density at radius 2 is 2.05 bits per heavy atom. The molecule has 1 heterocycles. The highest BCUT2D eigenvalue weighted by atomic mass is 16.3. The molecule has 1 N–H and O–H groups in total. The molecule has 0 spiro atoms. The molecule has 106 valence electrons. The summed E-state index contributed by atoms with van der Waals surface area (Å²) in [6.45, 7) is 9.50. The number of hydrogen-bond donors (Lipinski definition) is 1. The maximum absolute atomic E-state index is 10.4. The van der Waals surface area contributed by atoms with E-state index in [0.29, 0.717) is 5.92 Å². The van der Waals surface area contributed by atoms with Gasteiger partial charge in [-0.05, 0) is 48.4 Å². The number of nitrogens with zero attached hydrogens (tertiary/aromatic N) is 2. The summed E-state index contributed by atoms with van der Waals surface area (Å²) in [6, 6.07) is 4.13. The zero-order valence-electron chi connectivity index (χ0n) is 12.3. The molecule has 0 bridgehead atoms. The summed E-state index contributed by atoms with van der Waals surface area (Å²) in [5, 5.41) is 10.4. The fourth-order valence-electron chi connectivity index (χ4n) is 3.08. The molecule has 3 heteroatoms. The summed E-state index contributed by atoms with van der Waals surface area (Å²) in [4.78, 5) is 6.48. The van der Waals surface area contributed by atoms with Crippen LogP contribution in [-0.4, -0.2) is 34.2 Å². The van der Waals surface area contributed by atoms with Gasteiger partial charge >= 0.3 is 0 Å². The standard InChI is InChI=1S/C16H26N2O/c1-4-18(11-13-6-9-17-10-7-13)12-14-5-8-16(2,3)15(14)19/h6-7,9-10,14-15,19H,4-5,8,11-12H2,1-3H3. The van der Waals surface area contributed by atoms with Crippen LogP contribution in [0.15, 0.2) is 24.5 Å². The molecule has 0 amide bonds. The molecule has 0 radical (unpaired) electrons. The normalized spacial score (nSPS) is 25.9. The number of aliphatic hydroxyl groups is 1. The lowest BCUT2D eigenvalue weighted by Gasteiger charge is -2.29. The van der Waals surface area contributed by atoms with Gasteiger partial charge in [0.15, 0.2) is 0 Å². The van der Waals surface area contributed by atoms with Gasteiger partial charge in [0.05, 0.1) is 6.10 Å². The molecule has 1 aromatic rings. The largest absolute Gasteiger partial charge is 0.392 e. The maximum Gasteiger partial charge on any atom is 0.0631 e. The van der Waals surface area contributed by atoms with Crippen molar-refractivity contribution in [2.75, 3.05) is 13.1 Å². The van der Waals surface area contributed by atoms with Crippen molar-refractivity contribution in [3.05, 3.63) is 30.1 Å². The number of hydrogen-bond acceptors (Lipinski definition) is 3. The lowest BCUT2D eigenvalue weighted by atomic mass is 9.87. The molecule has 2 atom stereocenters. The number of aliphatic hydroxyl groups excluding tert-OH is 1. The smallest absolute Gasteiger partial charge is 0.0631 e. The van der Waals surface area contributed by atoms with E-state index in [1.165, 1.54) is 5.56 Å². The van der Waals surface area contributed by atoms with Crippen LogP contribution in [0.2, 0.25) is 0 Å². The zero-order valence-corrected chi connectivity index (χ0v) is 12.3. The first-order valence-electron chi connectivity index (χ1n) is 7.32. The molecule has 1 aliphatic rings. The van der Waals surface area contributed by atoms with E-state index >= 15 is 0 Å². The van der Waals surface area contributed by atoms with Gasteiger partial charge < -0.3 is 5.11 Å². The van der Waals surface area contributed by atoms with Gasteiger partial charge in [0.25, 0.3) is 0 Å². The molecule has 0 aliphatic heterocycles. The summed E-state index contributed by atoms with van der Waals surface area (Å²) < 4.78 is 0. The minimum absolute atomic E-state index is 0.0841. The highest BCUT2D eigenvalue weighted by molar-refractivity contribution is 5.09. The van der Waals surface area contributed by atoms with Gasteiger partial charge in [-0.2, -0.15) is 0 Å². The van der Waals surface area contributed by atoms with Gasteiger partial charge in [0, 0.05) is 25.5 Å².